The maximum Gasteiger partial charge on any atom is 0.222 e. The van der Waals surface area contributed by atoms with E-state index >= 15 is 0 Å². The van der Waals surface area contributed by atoms with E-state index in [0.717, 1.165) is 39.0 Å². The van der Waals surface area contributed by atoms with Gasteiger partial charge in [-0.05, 0) is 19.3 Å². The number of nitrogens with zero attached hydrogens (tertiary/aromatic N) is 3. The zero-order chi connectivity index (χ0) is 14.4. The van der Waals surface area contributed by atoms with Crippen molar-refractivity contribution in [2.24, 2.45) is 10.9 Å². The highest BCUT2D eigenvalue weighted by molar-refractivity contribution is 5.81. The first-order chi connectivity index (χ1) is 9.69. The Morgan fingerprint density at radius 2 is 2.10 bits per heavy atom. The van der Waals surface area contributed by atoms with Crippen LogP contribution in [0.15, 0.2) is 5.16 Å². The largest absolute Gasteiger partial charge is 0.409 e. The van der Waals surface area contributed by atoms with E-state index in [0.29, 0.717) is 26.1 Å². The van der Waals surface area contributed by atoms with Crippen molar-refractivity contribution in [3.05, 3.63) is 0 Å². The molecule has 0 radical (unpaired) electrons. The van der Waals surface area contributed by atoms with Crippen LogP contribution < -0.4 is 5.73 Å². The number of rotatable bonds is 5. The molecule has 20 heavy (non-hydrogen) atoms. The Kier molecular flexibility index (Phi) is 5.60. The van der Waals surface area contributed by atoms with Crippen LogP contribution in [0.2, 0.25) is 0 Å². The van der Waals surface area contributed by atoms with Gasteiger partial charge in [-0.2, -0.15) is 0 Å². The fraction of sp³-hybridized carbons (Fsp3) is 0.846. The van der Waals surface area contributed by atoms with Gasteiger partial charge in [0.25, 0.3) is 0 Å². The van der Waals surface area contributed by atoms with Gasteiger partial charge in [0.15, 0.2) is 5.84 Å². The van der Waals surface area contributed by atoms with Crippen LogP contribution >= 0.6 is 0 Å². The van der Waals surface area contributed by atoms with Crippen LogP contribution in [0.5, 0.6) is 0 Å². The number of oxime groups is 1. The highest BCUT2D eigenvalue weighted by atomic mass is 16.5. The molecule has 2 fully saturated rings. The standard InChI is InChI=1S/C13H24N4O3/c14-12(15-19)10-16-5-7-17(8-6-16)13(18)4-3-11-2-1-9-20-11/h11,19H,1-10H2,(H2,14,15). The van der Waals surface area contributed by atoms with Crippen LogP contribution in [0.1, 0.15) is 25.7 Å². The minimum absolute atomic E-state index is 0.211. The van der Waals surface area contributed by atoms with Crippen molar-refractivity contribution in [1.29, 1.82) is 0 Å². The zero-order valence-corrected chi connectivity index (χ0v) is 11.8. The first-order valence-corrected chi connectivity index (χ1v) is 7.27. The maximum atomic E-state index is 12.1. The SMILES string of the molecule is NC(CN1CCN(C(=O)CCC2CCCO2)CC1)=NO. The summed E-state index contributed by atoms with van der Waals surface area (Å²) in [6, 6.07) is 0. The van der Waals surface area contributed by atoms with Crippen molar-refractivity contribution in [3.63, 3.8) is 0 Å². The van der Waals surface area contributed by atoms with Gasteiger partial charge in [0, 0.05) is 39.2 Å². The lowest BCUT2D eigenvalue weighted by molar-refractivity contribution is -0.133. The molecule has 2 rings (SSSR count). The molecular formula is C13H24N4O3. The summed E-state index contributed by atoms with van der Waals surface area (Å²) in [4.78, 5) is 16.1. The number of carbonyl (C=O) groups is 1. The van der Waals surface area contributed by atoms with Crippen molar-refractivity contribution < 1.29 is 14.7 Å². The molecule has 0 aliphatic carbocycles. The minimum atomic E-state index is 0.211. The number of hydrogen-bond donors (Lipinski definition) is 2. The zero-order valence-electron chi connectivity index (χ0n) is 11.8. The van der Waals surface area contributed by atoms with E-state index in [4.69, 9.17) is 15.7 Å². The van der Waals surface area contributed by atoms with Gasteiger partial charge in [0.05, 0.1) is 12.6 Å². The highest BCUT2D eigenvalue weighted by Crippen LogP contribution is 2.17. The Morgan fingerprint density at radius 1 is 1.35 bits per heavy atom. The first kappa shape index (κ1) is 15.1. The summed E-state index contributed by atoms with van der Waals surface area (Å²) in [7, 11) is 0. The van der Waals surface area contributed by atoms with Gasteiger partial charge in [-0.25, -0.2) is 0 Å². The molecular weight excluding hydrogens is 260 g/mol. The van der Waals surface area contributed by atoms with Crippen molar-refractivity contribution in [1.82, 2.24) is 9.80 Å². The van der Waals surface area contributed by atoms with Gasteiger partial charge in [-0.3, -0.25) is 9.69 Å². The van der Waals surface area contributed by atoms with Crippen molar-refractivity contribution in [2.75, 3.05) is 39.3 Å². The number of hydrogen-bond acceptors (Lipinski definition) is 5. The number of amidine groups is 1. The predicted octanol–water partition coefficient (Wildman–Crippen LogP) is -0.164. The van der Waals surface area contributed by atoms with Crippen LogP contribution in [-0.2, 0) is 9.53 Å². The summed E-state index contributed by atoms with van der Waals surface area (Å²) in [6.07, 6.45) is 3.89. The van der Waals surface area contributed by atoms with E-state index in [1.54, 1.807) is 0 Å². The molecule has 0 aromatic heterocycles. The summed E-state index contributed by atoms with van der Waals surface area (Å²) in [6.45, 7) is 4.25. The van der Waals surface area contributed by atoms with E-state index in [9.17, 15) is 4.79 Å². The monoisotopic (exact) mass is 284 g/mol. The molecule has 2 aliphatic heterocycles. The average molecular weight is 284 g/mol. The van der Waals surface area contributed by atoms with E-state index in [1.165, 1.54) is 0 Å². The number of ether oxygens (including phenoxy) is 1. The van der Waals surface area contributed by atoms with Gasteiger partial charge < -0.3 is 20.6 Å². The number of carbonyl (C=O) groups excluding carboxylic acids is 1. The third-order valence-corrected chi connectivity index (χ3v) is 3.94. The lowest BCUT2D eigenvalue weighted by atomic mass is 10.1. The second-order valence-corrected chi connectivity index (χ2v) is 5.42. The quantitative estimate of drug-likeness (QED) is 0.317. The van der Waals surface area contributed by atoms with E-state index in [1.807, 2.05) is 4.90 Å². The molecule has 2 saturated heterocycles. The second kappa shape index (κ2) is 7.44. The Morgan fingerprint density at radius 3 is 2.70 bits per heavy atom. The lowest BCUT2D eigenvalue weighted by Crippen LogP contribution is -2.50. The molecule has 0 aromatic carbocycles. The van der Waals surface area contributed by atoms with Crippen LogP contribution in [0.3, 0.4) is 0 Å². The van der Waals surface area contributed by atoms with Crippen molar-refractivity contribution in [2.45, 2.75) is 31.8 Å². The summed E-state index contributed by atoms with van der Waals surface area (Å²) < 4.78 is 5.53. The normalized spacial score (nSPS) is 25.1. The molecule has 7 nitrogen and oxygen atoms in total. The molecule has 0 aromatic rings. The Balaban J connectivity index is 1.66. The summed E-state index contributed by atoms with van der Waals surface area (Å²) in [5.41, 5.74) is 5.48. The second-order valence-electron chi connectivity index (χ2n) is 5.42. The topological polar surface area (TPSA) is 91.4 Å². The summed E-state index contributed by atoms with van der Waals surface area (Å²) in [5.74, 6) is 0.423. The van der Waals surface area contributed by atoms with E-state index in [2.05, 4.69) is 10.1 Å². The first-order valence-electron chi connectivity index (χ1n) is 7.27. The Hall–Kier alpha value is -1.34. The molecule has 3 N–H and O–H groups in total. The number of nitrogens with two attached hydrogens (primary N) is 1. The van der Waals surface area contributed by atoms with Gasteiger partial charge in [-0.1, -0.05) is 5.16 Å². The van der Waals surface area contributed by atoms with Crippen LogP contribution in [0.25, 0.3) is 0 Å². The Labute approximate surface area is 119 Å². The summed E-state index contributed by atoms with van der Waals surface area (Å²) >= 11 is 0. The fourth-order valence-corrected chi connectivity index (χ4v) is 2.73. The molecule has 0 bridgehead atoms. The van der Waals surface area contributed by atoms with Crippen molar-refractivity contribution >= 4 is 11.7 Å². The number of amides is 1. The molecule has 0 saturated carbocycles. The van der Waals surface area contributed by atoms with Gasteiger partial charge in [0.2, 0.25) is 5.91 Å². The van der Waals surface area contributed by atoms with Gasteiger partial charge in [-0.15, -0.1) is 0 Å². The molecule has 2 heterocycles. The Bertz CT molecular complexity index is 348. The van der Waals surface area contributed by atoms with Gasteiger partial charge in [0.1, 0.15) is 0 Å². The van der Waals surface area contributed by atoms with Gasteiger partial charge >= 0.3 is 0 Å². The minimum Gasteiger partial charge on any atom is -0.409 e. The third-order valence-electron chi connectivity index (χ3n) is 3.94. The van der Waals surface area contributed by atoms with E-state index in [-0.39, 0.29) is 17.8 Å². The van der Waals surface area contributed by atoms with Crippen molar-refractivity contribution in [3.8, 4) is 0 Å². The molecule has 7 heteroatoms. The van der Waals surface area contributed by atoms with Crippen LogP contribution in [0, 0.1) is 0 Å². The van der Waals surface area contributed by atoms with E-state index < -0.39 is 0 Å². The third kappa shape index (κ3) is 4.35. The molecule has 1 amide bonds. The number of piperazine rings is 1. The van der Waals surface area contributed by atoms with Crippen LogP contribution in [-0.4, -0.2) is 72.2 Å². The molecule has 2 aliphatic rings. The molecule has 0 spiro atoms. The molecule has 1 unspecified atom stereocenters. The highest BCUT2D eigenvalue weighted by Gasteiger charge is 2.23. The van der Waals surface area contributed by atoms with Crippen LogP contribution in [0.4, 0.5) is 0 Å². The lowest BCUT2D eigenvalue weighted by Gasteiger charge is -2.34. The average Bonchev–Trinajstić information content (AvgIpc) is 2.98. The fourth-order valence-electron chi connectivity index (χ4n) is 2.73. The maximum absolute atomic E-state index is 12.1. The molecule has 1 atom stereocenters. The summed E-state index contributed by atoms with van der Waals surface area (Å²) in [5, 5.41) is 11.5. The molecule has 114 valence electrons. The predicted molar refractivity (Wildman–Crippen MR) is 74.6 cm³/mol. The smallest absolute Gasteiger partial charge is 0.222 e.